The molecule has 2 aromatic rings. The van der Waals surface area contributed by atoms with Gasteiger partial charge >= 0.3 is 6.03 Å². The highest BCUT2D eigenvalue weighted by Crippen LogP contribution is 2.43. The maximum Gasteiger partial charge on any atom is 0.325 e. The molecular formula is C24H30N6O4. The number of H-pyrrole nitrogens is 1. The Balaban J connectivity index is 1.30. The molecule has 4 N–H and O–H groups in total. The predicted molar refractivity (Wildman–Crippen MR) is 124 cm³/mol. The Bertz CT molecular complexity index is 1100. The van der Waals surface area contributed by atoms with E-state index in [1.165, 1.54) is 0 Å². The summed E-state index contributed by atoms with van der Waals surface area (Å²) in [6.07, 6.45) is 2.78. The fraction of sp³-hybridized carbons (Fsp3) is 0.458. The van der Waals surface area contributed by atoms with Gasteiger partial charge in [0.2, 0.25) is 0 Å². The van der Waals surface area contributed by atoms with Crippen molar-refractivity contribution in [3.05, 3.63) is 42.1 Å². The number of aromatic amines is 1. The van der Waals surface area contributed by atoms with Crippen LogP contribution in [-0.4, -0.2) is 50.9 Å². The maximum absolute atomic E-state index is 13.0. The first-order chi connectivity index (χ1) is 16.1. The van der Waals surface area contributed by atoms with Crippen LogP contribution in [0.15, 0.2) is 36.4 Å². The third-order valence-corrected chi connectivity index (χ3v) is 6.82. The van der Waals surface area contributed by atoms with E-state index in [4.69, 9.17) is 0 Å². The monoisotopic (exact) mass is 466 g/mol. The number of benzene rings is 1. The maximum atomic E-state index is 13.0. The zero-order valence-electron chi connectivity index (χ0n) is 19.6. The van der Waals surface area contributed by atoms with Crippen molar-refractivity contribution in [1.29, 1.82) is 0 Å². The number of hydrogen-bond acceptors (Lipinski definition) is 5. The number of hydrogen-bond donors (Lipinski definition) is 4. The zero-order chi connectivity index (χ0) is 24.5. The van der Waals surface area contributed by atoms with E-state index < -0.39 is 29.9 Å². The largest absolute Gasteiger partial charge is 0.325 e. The molecule has 1 spiro atoms. The van der Waals surface area contributed by atoms with Crippen molar-refractivity contribution >= 4 is 23.8 Å². The summed E-state index contributed by atoms with van der Waals surface area (Å²) >= 11 is 0. The van der Waals surface area contributed by atoms with Gasteiger partial charge in [0.25, 0.3) is 17.7 Å². The Labute approximate surface area is 197 Å². The average Bonchev–Trinajstić information content (AvgIpc) is 3.38. The summed E-state index contributed by atoms with van der Waals surface area (Å²) in [5.41, 5.74) is 5.32. The Morgan fingerprint density at radius 3 is 2.44 bits per heavy atom. The van der Waals surface area contributed by atoms with Crippen molar-refractivity contribution in [2.24, 2.45) is 11.3 Å². The summed E-state index contributed by atoms with van der Waals surface area (Å²) in [5, 5.41) is 9.54. The number of nitrogens with zero attached hydrogens (tertiary/aromatic N) is 2. The van der Waals surface area contributed by atoms with Crippen LogP contribution in [0.2, 0.25) is 0 Å². The molecule has 0 atom stereocenters. The van der Waals surface area contributed by atoms with Crippen LogP contribution in [0.3, 0.4) is 0 Å². The van der Waals surface area contributed by atoms with Crippen LogP contribution >= 0.6 is 0 Å². The standard InChI is InChI=1S/C24H30N6O4/c1-23(2,3)16-9-11-24(12-10-16)21(33)30(22(34)25-24)14-19(31)28-29-20(32)18-13-17(26-27-18)15-7-5-4-6-8-15/h4-8,13,16H,9-12,14H2,1-3H3,(H,25,34)(H,26,27)(H,28,31)(H,29,32). The summed E-state index contributed by atoms with van der Waals surface area (Å²) in [6.45, 7) is 6.07. The number of amides is 5. The lowest BCUT2D eigenvalue weighted by Crippen LogP contribution is -2.51. The lowest BCUT2D eigenvalue weighted by Gasteiger charge is -2.40. The summed E-state index contributed by atoms with van der Waals surface area (Å²) < 4.78 is 0. The van der Waals surface area contributed by atoms with E-state index in [1.807, 2.05) is 30.3 Å². The molecule has 1 aliphatic carbocycles. The van der Waals surface area contributed by atoms with Crippen LogP contribution in [0, 0.1) is 11.3 Å². The quantitative estimate of drug-likeness (QED) is 0.405. The minimum atomic E-state index is -0.938. The molecule has 34 heavy (non-hydrogen) atoms. The molecule has 10 heteroatoms. The van der Waals surface area contributed by atoms with Crippen LogP contribution < -0.4 is 16.2 Å². The first kappa shape index (κ1) is 23.5. The second-order valence-corrected chi connectivity index (χ2v) is 10.1. The lowest BCUT2D eigenvalue weighted by atomic mass is 9.67. The van der Waals surface area contributed by atoms with Crippen molar-refractivity contribution in [2.75, 3.05) is 6.54 Å². The average molecular weight is 467 g/mol. The highest BCUT2D eigenvalue weighted by molar-refractivity contribution is 6.09. The molecule has 1 aliphatic heterocycles. The Morgan fingerprint density at radius 2 is 1.79 bits per heavy atom. The van der Waals surface area contributed by atoms with Gasteiger partial charge in [-0.2, -0.15) is 5.10 Å². The summed E-state index contributed by atoms with van der Waals surface area (Å²) in [6, 6.07) is 10.3. The molecule has 1 saturated carbocycles. The number of carbonyl (C=O) groups excluding carboxylic acids is 4. The van der Waals surface area contributed by atoms with Crippen LogP contribution in [0.25, 0.3) is 11.3 Å². The normalized spacial score (nSPS) is 22.6. The van der Waals surface area contributed by atoms with Crippen molar-refractivity contribution in [3.63, 3.8) is 0 Å². The lowest BCUT2D eigenvalue weighted by molar-refractivity contribution is -0.136. The molecule has 2 heterocycles. The van der Waals surface area contributed by atoms with Crippen molar-refractivity contribution < 1.29 is 19.2 Å². The highest BCUT2D eigenvalue weighted by atomic mass is 16.2. The van der Waals surface area contributed by atoms with Crippen LogP contribution in [0.4, 0.5) is 4.79 Å². The van der Waals surface area contributed by atoms with Gasteiger partial charge in [-0.25, -0.2) is 4.79 Å². The molecule has 1 aromatic carbocycles. The van der Waals surface area contributed by atoms with Gasteiger partial charge in [0.05, 0.1) is 5.69 Å². The molecular weight excluding hydrogens is 436 g/mol. The Hall–Kier alpha value is -3.69. The van der Waals surface area contributed by atoms with Gasteiger partial charge < -0.3 is 5.32 Å². The second-order valence-electron chi connectivity index (χ2n) is 10.1. The molecule has 10 nitrogen and oxygen atoms in total. The first-order valence-electron chi connectivity index (χ1n) is 11.4. The topological polar surface area (TPSA) is 136 Å². The number of carbonyl (C=O) groups is 4. The van der Waals surface area contributed by atoms with Gasteiger partial charge in [-0.15, -0.1) is 0 Å². The SMILES string of the molecule is CC(C)(C)C1CCC2(CC1)NC(=O)N(CC(=O)NNC(=O)c1cc(-c3ccccc3)n[nH]1)C2=O. The number of aromatic nitrogens is 2. The Kier molecular flexibility index (Phi) is 6.16. The predicted octanol–water partition coefficient (Wildman–Crippen LogP) is 2.36. The summed E-state index contributed by atoms with van der Waals surface area (Å²) in [4.78, 5) is 51.2. The van der Waals surface area contributed by atoms with E-state index in [-0.39, 0.29) is 17.0 Å². The zero-order valence-corrected chi connectivity index (χ0v) is 19.6. The molecule has 0 bridgehead atoms. The second kappa shape index (κ2) is 8.92. The minimum absolute atomic E-state index is 0.140. The van der Waals surface area contributed by atoms with Gasteiger partial charge in [0, 0.05) is 5.56 Å². The molecule has 4 rings (SSSR count). The van der Waals surface area contributed by atoms with Crippen LogP contribution in [-0.2, 0) is 9.59 Å². The molecule has 180 valence electrons. The van der Waals surface area contributed by atoms with E-state index in [1.54, 1.807) is 6.07 Å². The number of hydrazine groups is 1. The number of rotatable bonds is 4. The summed E-state index contributed by atoms with van der Waals surface area (Å²) in [5.74, 6) is -1.19. The van der Waals surface area contributed by atoms with Crippen molar-refractivity contribution in [2.45, 2.75) is 52.0 Å². The molecule has 1 saturated heterocycles. The molecule has 1 aromatic heterocycles. The fourth-order valence-electron chi connectivity index (χ4n) is 4.71. The number of imide groups is 1. The van der Waals surface area contributed by atoms with Crippen molar-refractivity contribution in [3.8, 4) is 11.3 Å². The van der Waals surface area contributed by atoms with E-state index in [2.05, 4.69) is 47.1 Å². The van der Waals surface area contributed by atoms with Gasteiger partial charge in [0.1, 0.15) is 17.8 Å². The molecule has 2 aliphatic rings. The fourth-order valence-corrected chi connectivity index (χ4v) is 4.71. The molecule has 5 amide bonds. The van der Waals surface area contributed by atoms with Crippen molar-refractivity contribution in [1.82, 2.24) is 31.3 Å². The first-order valence-corrected chi connectivity index (χ1v) is 11.4. The van der Waals surface area contributed by atoms with Crippen LogP contribution in [0.1, 0.15) is 56.9 Å². The molecule has 0 unspecified atom stereocenters. The number of nitrogens with one attached hydrogen (secondary N) is 4. The van der Waals surface area contributed by atoms with Gasteiger partial charge in [-0.1, -0.05) is 51.1 Å². The van der Waals surface area contributed by atoms with E-state index in [9.17, 15) is 19.2 Å². The molecule has 0 radical (unpaired) electrons. The van der Waals surface area contributed by atoms with Gasteiger partial charge in [0.15, 0.2) is 0 Å². The minimum Gasteiger partial charge on any atom is -0.323 e. The van der Waals surface area contributed by atoms with Crippen LogP contribution in [0.5, 0.6) is 0 Å². The van der Waals surface area contributed by atoms with E-state index >= 15 is 0 Å². The Morgan fingerprint density at radius 1 is 1.12 bits per heavy atom. The van der Waals surface area contributed by atoms with E-state index in [0.29, 0.717) is 24.5 Å². The van der Waals surface area contributed by atoms with Gasteiger partial charge in [-0.3, -0.25) is 35.2 Å². The highest BCUT2D eigenvalue weighted by Gasteiger charge is 2.53. The summed E-state index contributed by atoms with van der Waals surface area (Å²) in [7, 11) is 0. The third-order valence-electron chi connectivity index (χ3n) is 6.82. The van der Waals surface area contributed by atoms with E-state index in [0.717, 1.165) is 23.3 Å². The smallest absolute Gasteiger partial charge is 0.323 e. The van der Waals surface area contributed by atoms with Gasteiger partial charge in [-0.05, 0) is 43.1 Å². The molecule has 2 fully saturated rings. The third kappa shape index (κ3) is 4.66. The number of urea groups is 1.